The number of hydrogen-bond acceptors (Lipinski definition) is 3. The molecule has 1 aliphatic heterocycles. The molecule has 0 N–H and O–H groups in total. The maximum atomic E-state index is 13.0. The molecule has 3 rings (SSSR count). The lowest BCUT2D eigenvalue weighted by molar-refractivity contribution is -0.143. The van der Waals surface area contributed by atoms with Gasteiger partial charge in [0.25, 0.3) is 5.91 Å². The second-order valence-corrected chi connectivity index (χ2v) is 6.75. The minimum atomic E-state index is -5.01. The summed E-state index contributed by atoms with van der Waals surface area (Å²) in [6.07, 6.45) is -8.50. The van der Waals surface area contributed by atoms with E-state index in [1.165, 1.54) is 4.90 Å². The Kier molecular flexibility index (Phi) is 5.46. The van der Waals surface area contributed by atoms with Crippen LogP contribution in [-0.4, -0.2) is 35.0 Å². The van der Waals surface area contributed by atoms with Gasteiger partial charge in [0.15, 0.2) is 0 Å². The van der Waals surface area contributed by atoms with E-state index in [0.29, 0.717) is 24.4 Å². The highest BCUT2D eigenvalue weighted by Gasteiger charge is 2.38. The summed E-state index contributed by atoms with van der Waals surface area (Å²) in [7, 11) is 0. The second-order valence-electron chi connectivity index (χ2n) is 6.75. The molecule has 0 radical (unpaired) electrons. The summed E-state index contributed by atoms with van der Waals surface area (Å²) < 4.78 is 83.6. The fourth-order valence-corrected chi connectivity index (χ4v) is 2.96. The number of carbonyl (C=O) groups excluding carboxylic acids is 1. The van der Waals surface area contributed by atoms with E-state index >= 15 is 0 Å². The summed E-state index contributed by atoms with van der Waals surface area (Å²) >= 11 is 0. The summed E-state index contributed by atoms with van der Waals surface area (Å²) in [6.45, 7) is 2.02. The first-order valence-corrected chi connectivity index (χ1v) is 8.61. The van der Waals surface area contributed by atoms with Crippen LogP contribution in [0.4, 0.5) is 26.3 Å². The fraction of sp³-hybridized carbons (Fsp3) is 0.368. The molecule has 1 unspecified atom stereocenters. The van der Waals surface area contributed by atoms with Gasteiger partial charge in [0.1, 0.15) is 6.10 Å². The Morgan fingerprint density at radius 1 is 1.07 bits per heavy atom. The van der Waals surface area contributed by atoms with Gasteiger partial charge in [-0.2, -0.15) is 26.3 Å². The third-order valence-corrected chi connectivity index (χ3v) is 4.44. The first kappa shape index (κ1) is 20.9. The van der Waals surface area contributed by atoms with Gasteiger partial charge in [-0.1, -0.05) is 6.07 Å². The molecule has 156 valence electrons. The summed E-state index contributed by atoms with van der Waals surface area (Å²) in [5.41, 5.74) is -2.79. The van der Waals surface area contributed by atoms with Gasteiger partial charge in [0, 0.05) is 30.8 Å². The van der Waals surface area contributed by atoms with Gasteiger partial charge in [0.2, 0.25) is 5.88 Å². The lowest BCUT2D eigenvalue weighted by atomic mass is 10.0. The molecule has 0 saturated carbocycles. The molecule has 1 aromatic carbocycles. The smallest absolute Gasteiger partial charge is 0.416 e. The van der Waals surface area contributed by atoms with Gasteiger partial charge in [-0.25, -0.2) is 4.98 Å². The maximum absolute atomic E-state index is 13.0. The highest BCUT2D eigenvalue weighted by molar-refractivity contribution is 5.95. The van der Waals surface area contributed by atoms with Crippen molar-refractivity contribution in [1.82, 2.24) is 9.88 Å². The van der Waals surface area contributed by atoms with E-state index in [4.69, 9.17) is 4.74 Å². The molecule has 1 fully saturated rings. The molecule has 10 heteroatoms. The number of aromatic nitrogens is 1. The van der Waals surface area contributed by atoms with Crippen molar-refractivity contribution in [3.8, 4) is 5.88 Å². The first-order chi connectivity index (χ1) is 13.4. The molecule has 0 bridgehead atoms. The largest absolute Gasteiger partial charge is 0.472 e. The molecule has 1 aliphatic rings. The van der Waals surface area contributed by atoms with Crippen LogP contribution in [0.25, 0.3) is 0 Å². The number of likely N-dealkylation sites (tertiary alicyclic amines) is 1. The van der Waals surface area contributed by atoms with Crippen molar-refractivity contribution in [2.24, 2.45) is 0 Å². The van der Waals surface area contributed by atoms with E-state index < -0.39 is 41.1 Å². The zero-order valence-electron chi connectivity index (χ0n) is 15.1. The molecule has 1 amide bonds. The Morgan fingerprint density at radius 2 is 1.69 bits per heavy atom. The number of rotatable bonds is 3. The lowest BCUT2D eigenvalue weighted by Crippen LogP contribution is -2.31. The predicted molar refractivity (Wildman–Crippen MR) is 90.4 cm³/mol. The Bertz CT molecular complexity index is 861. The average Bonchev–Trinajstić information content (AvgIpc) is 3.09. The average molecular weight is 418 g/mol. The molecule has 2 heterocycles. The summed E-state index contributed by atoms with van der Waals surface area (Å²) in [5.74, 6) is -0.585. The van der Waals surface area contributed by atoms with Gasteiger partial charge >= 0.3 is 12.4 Å². The van der Waals surface area contributed by atoms with Crippen molar-refractivity contribution in [3.63, 3.8) is 0 Å². The summed E-state index contributed by atoms with van der Waals surface area (Å²) in [4.78, 5) is 17.8. The van der Waals surface area contributed by atoms with Crippen molar-refractivity contribution in [3.05, 3.63) is 58.8 Å². The fourth-order valence-electron chi connectivity index (χ4n) is 2.96. The van der Waals surface area contributed by atoms with E-state index in [1.807, 2.05) is 6.92 Å². The predicted octanol–water partition coefficient (Wildman–Crippen LogP) is 4.72. The Morgan fingerprint density at radius 3 is 2.21 bits per heavy atom. The standard InChI is InChI=1S/C19H16F6N2O2/c1-11-2-3-16(26-9-11)29-15-4-5-27(10-15)17(28)12-6-13(18(20,21)22)8-14(7-12)19(23,24)25/h2-3,6-9,15H,4-5,10H2,1H3. The number of aryl methyl sites for hydroxylation is 1. The van der Waals surface area contributed by atoms with Crippen LogP contribution in [0.5, 0.6) is 5.88 Å². The van der Waals surface area contributed by atoms with Gasteiger partial charge in [0.05, 0.1) is 17.7 Å². The van der Waals surface area contributed by atoms with E-state index in [0.717, 1.165) is 5.56 Å². The monoisotopic (exact) mass is 418 g/mol. The van der Waals surface area contributed by atoms with Gasteiger partial charge < -0.3 is 9.64 Å². The number of ether oxygens (including phenoxy) is 1. The van der Waals surface area contributed by atoms with Crippen LogP contribution in [0.2, 0.25) is 0 Å². The maximum Gasteiger partial charge on any atom is 0.416 e. The molecule has 2 aromatic rings. The van der Waals surface area contributed by atoms with Crippen molar-refractivity contribution in [2.75, 3.05) is 13.1 Å². The molecular formula is C19H16F6N2O2. The zero-order chi connectivity index (χ0) is 21.4. The molecule has 1 saturated heterocycles. The number of amides is 1. The summed E-state index contributed by atoms with van der Waals surface area (Å²) in [5, 5.41) is 0. The highest BCUT2D eigenvalue weighted by Crippen LogP contribution is 2.36. The van der Waals surface area contributed by atoms with Crippen LogP contribution >= 0.6 is 0 Å². The number of pyridine rings is 1. The second kappa shape index (κ2) is 7.57. The number of halogens is 6. The number of nitrogens with zero attached hydrogens (tertiary/aromatic N) is 2. The summed E-state index contributed by atoms with van der Waals surface area (Å²) in [6, 6.07) is 4.29. The van der Waals surface area contributed by atoms with Crippen LogP contribution in [0.15, 0.2) is 36.5 Å². The zero-order valence-corrected chi connectivity index (χ0v) is 15.1. The van der Waals surface area contributed by atoms with Gasteiger partial charge in [-0.15, -0.1) is 0 Å². The van der Waals surface area contributed by atoms with Gasteiger partial charge in [-0.3, -0.25) is 4.79 Å². The van der Waals surface area contributed by atoms with Crippen LogP contribution in [0, 0.1) is 6.92 Å². The molecule has 29 heavy (non-hydrogen) atoms. The third kappa shape index (κ3) is 4.99. The Balaban J connectivity index is 1.78. The van der Waals surface area contributed by atoms with Crippen molar-refractivity contribution in [1.29, 1.82) is 0 Å². The molecule has 0 spiro atoms. The SMILES string of the molecule is Cc1ccc(OC2CCN(C(=O)c3cc(C(F)(F)F)cc(C(F)(F)F)c3)C2)nc1. The highest BCUT2D eigenvalue weighted by atomic mass is 19.4. The molecule has 4 nitrogen and oxygen atoms in total. The van der Waals surface area contributed by atoms with Crippen molar-refractivity contribution < 1.29 is 35.9 Å². The third-order valence-electron chi connectivity index (χ3n) is 4.44. The molecule has 1 atom stereocenters. The number of benzene rings is 1. The van der Waals surface area contributed by atoms with Crippen molar-refractivity contribution in [2.45, 2.75) is 31.8 Å². The van der Waals surface area contributed by atoms with E-state index in [-0.39, 0.29) is 19.2 Å². The minimum Gasteiger partial charge on any atom is -0.472 e. The van der Waals surface area contributed by atoms with Crippen molar-refractivity contribution >= 4 is 5.91 Å². The number of carbonyl (C=O) groups is 1. The Labute approximate surface area is 162 Å². The normalized spacial score (nSPS) is 17.5. The quantitative estimate of drug-likeness (QED) is 0.678. The molecule has 1 aromatic heterocycles. The molecule has 0 aliphatic carbocycles. The van der Waals surface area contributed by atoms with E-state index in [1.54, 1.807) is 18.3 Å². The lowest BCUT2D eigenvalue weighted by Gasteiger charge is -2.19. The minimum absolute atomic E-state index is 0.00423. The van der Waals surface area contributed by atoms with Crippen LogP contribution in [0.3, 0.4) is 0 Å². The van der Waals surface area contributed by atoms with Crippen LogP contribution in [-0.2, 0) is 12.4 Å². The van der Waals surface area contributed by atoms with Crippen LogP contribution in [0.1, 0.15) is 33.5 Å². The first-order valence-electron chi connectivity index (χ1n) is 8.61. The topological polar surface area (TPSA) is 42.4 Å². The molecular weight excluding hydrogens is 402 g/mol. The van der Waals surface area contributed by atoms with E-state index in [9.17, 15) is 31.1 Å². The Hall–Kier alpha value is -2.78. The van der Waals surface area contributed by atoms with E-state index in [2.05, 4.69) is 4.98 Å². The van der Waals surface area contributed by atoms with Gasteiger partial charge in [-0.05, 0) is 30.7 Å². The number of hydrogen-bond donors (Lipinski definition) is 0. The number of alkyl halides is 6. The van der Waals surface area contributed by atoms with Crippen LogP contribution < -0.4 is 4.74 Å².